The summed E-state index contributed by atoms with van der Waals surface area (Å²) in [7, 11) is 0. The molecule has 24 heavy (non-hydrogen) atoms. The molecule has 0 saturated carbocycles. The molecule has 0 aliphatic rings. The van der Waals surface area contributed by atoms with E-state index in [0.717, 1.165) is 24.1 Å². The van der Waals surface area contributed by atoms with Crippen molar-refractivity contribution in [3.05, 3.63) is 60.2 Å². The third-order valence-corrected chi connectivity index (χ3v) is 4.46. The van der Waals surface area contributed by atoms with Crippen LogP contribution in [-0.4, -0.2) is 10.9 Å². The molecule has 128 valence electrons. The molecule has 0 heterocycles. The van der Waals surface area contributed by atoms with Crippen LogP contribution in [0.25, 0.3) is 11.1 Å². The van der Waals surface area contributed by atoms with Gasteiger partial charge in [0.2, 0.25) is 0 Å². The van der Waals surface area contributed by atoms with Crippen molar-refractivity contribution < 1.29 is 5.21 Å². The van der Waals surface area contributed by atoms with Gasteiger partial charge in [0.25, 0.3) is 0 Å². The molecule has 0 bridgehead atoms. The number of benzene rings is 2. The highest BCUT2D eigenvalue weighted by Gasteiger charge is 2.05. The number of rotatable bonds is 10. The molecule has 0 aromatic heterocycles. The van der Waals surface area contributed by atoms with Crippen molar-refractivity contribution in [2.75, 3.05) is 0 Å². The Morgan fingerprint density at radius 1 is 0.750 bits per heavy atom. The molecular formula is C22H29NO. The van der Waals surface area contributed by atoms with Crippen LogP contribution in [0.1, 0.15) is 63.9 Å². The van der Waals surface area contributed by atoms with E-state index in [0.29, 0.717) is 0 Å². The van der Waals surface area contributed by atoms with Gasteiger partial charge in [0.05, 0.1) is 5.71 Å². The summed E-state index contributed by atoms with van der Waals surface area (Å²) in [5, 5.41) is 12.9. The van der Waals surface area contributed by atoms with E-state index in [1.54, 1.807) is 0 Å². The highest BCUT2D eigenvalue weighted by atomic mass is 16.4. The highest BCUT2D eigenvalue weighted by Crippen LogP contribution is 2.20. The SMILES string of the molecule is CCCCCCCCCC(=NO)c1ccc(-c2ccccc2)cc1. The summed E-state index contributed by atoms with van der Waals surface area (Å²) < 4.78 is 0. The molecule has 2 nitrogen and oxygen atoms in total. The largest absolute Gasteiger partial charge is 0.411 e. The van der Waals surface area contributed by atoms with Crippen LogP contribution in [-0.2, 0) is 0 Å². The molecule has 0 aliphatic carbocycles. The quantitative estimate of drug-likeness (QED) is 0.225. The van der Waals surface area contributed by atoms with Gasteiger partial charge in [-0.15, -0.1) is 0 Å². The molecule has 2 aromatic rings. The van der Waals surface area contributed by atoms with Crippen molar-refractivity contribution in [2.45, 2.75) is 58.3 Å². The Kier molecular flexibility index (Phi) is 8.09. The van der Waals surface area contributed by atoms with Crippen LogP contribution in [0.5, 0.6) is 0 Å². The Morgan fingerprint density at radius 3 is 1.96 bits per heavy atom. The van der Waals surface area contributed by atoms with Crippen LogP contribution >= 0.6 is 0 Å². The highest BCUT2D eigenvalue weighted by molar-refractivity contribution is 6.00. The maximum Gasteiger partial charge on any atom is 0.0867 e. The zero-order valence-corrected chi connectivity index (χ0v) is 14.7. The van der Waals surface area contributed by atoms with Crippen molar-refractivity contribution in [1.82, 2.24) is 0 Å². The Labute approximate surface area is 146 Å². The fourth-order valence-corrected chi connectivity index (χ4v) is 2.99. The Bertz CT molecular complexity index is 602. The Morgan fingerprint density at radius 2 is 1.33 bits per heavy atom. The number of nitrogens with zero attached hydrogens (tertiary/aromatic N) is 1. The lowest BCUT2D eigenvalue weighted by atomic mass is 9.99. The predicted molar refractivity (Wildman–Crippen MR) is 103 cm³/mol. The van der Waals surface area contributed by atoms with E-state index in [-0.39, 0.29) is 0 Å². The van der Waals surface area contributed by atoms with Crippen LogP contribution in [0.3, 0.4) is 0 Å². The molecule has 0 saturated heterocycles. The normalized spacial score (nSPS) is 11.6. The summed E-state index contributed by atoms with van der Waals surface area (Å²) in [4.78, 5) is 0. The first-order valence-electron chi connectivity index (χ1n) is 9.22. The molecule has 0 radical (unpaired) electrons. The minimum absolute atomic E-state index is 0.795. The van der Waals surface area contributed by atoms with Gasteiger partial charge in [-0.1, -0.05) is 105 Å². The zero-order chi connectivity index (χ0) is 17.0. The fourth-order valence-electron chi connectivity index (χ4n) is 2.99. The minimum atomic E-state index is 0.795. The van der Waals surface area contributed by atoms with Gasteiger partial charge in [0, 0.05) is 0 Å². The number of oxime groups is 1. The Balaban J connectivity index is 1.83. The summed E-state index contributed by atoms with van der Waals surface area (Å²) >= 11 is 0. The van der Waals surface area contributed by atoms with E-state index in [1.165, 1.54) is 49.7 Å². The number of hydrogen-bond donors (Lipinski definition) is 1. The summed E-state index contributed by atoms with van der Waals surface area (Å²) in [6, 6.07) is 18.6. The van der Waals surface area contributed by atoms with Gasteiger partial charge in [0.1, 0.15) is 0 Å². The third-order valence-electron chi connectivity index (χ3n) is 4.46. The molecule has 0 atom stereocenters. The number of unbranched alkanes of at least 4 members (excludes halogenated alkanes) is 6. The molecule has 0 aliphatic heterocycles. The van der Waals surface area contributed by atoms with Crippen molar-refractivity contribution in [3.8, 4) is 11.1 Å². The lowest BCUT2D eigenvalue weighted by Gasteiger charge is -2.07. The van der Waals surface area contributed by atoms with E-state index >= 15 is 0 Å². The lowest BCUT2D eigenvalue weighted by Crippen LogP contribution is -2.01. The third kappa shape index (κ3) is 5.84. The fraction of sp³-hybridized carbons (Fsp3) is 0.409. The van der Waals surface area contributed by atoms with Crippen molar-refractivity contribution >= 4 is 5.71 Å². The van der Waals surface area contributed by atoms with Crippen LogP contribution in [0.4, 0.5) is 0 Å². The molecule has 0 fully saturated rings. The van der Waals surface area contributed by atoms with Gasteiger partial charge in [-0.2, -0.15) is 0 Å². The van der Waals surface area contributed by atoms with Crippen LogP contribution in [0.15, 0.2) is 59.8 Å². The minimum Gasteiger partial charge on any atom is -0.411 e. The molecule has 0 amide bonds. The lowest BCUT2D eigenvalue weighted by molar-refractivity contribution is 0.317. The van der Waals surface area contributed by atoms with Crippen molar-refractivity contribution in [3.63, 3.8) is 0 Å². The van der Waals surface area contributed by atoms with Gasteiger partial charge < -0.3 is 5.21 Å². The summed E-state index contributed by atoms with van der Waals surface area (Å²) in [6.07, 6.45) is 9.73. The van der Waals surface area contributed by atoms with Gasteiger partial charge >= 0.3 is 0 Å². The molecule has 1 N–H and O–H groups in total. The first-order valence-corrected chi connectivity index (χ1v) is 9.22. The second kappa shape index (κ2) is 10.6. The summed E-state index contributed by atoms with van der Waals surface area (Å²) in [5.41, 5.74) is 4.21. The smallest absolute Gasteiger partial charge is 0.0867 e. The van der Waals surface area contributed by atoms with Gasteiger partial charge in [-0.05, 0) is 29.5 Å². The molecule has 2 rings (SSSR count). The summed E-state index contributed by atoms with van der Waals surface area (Å²) in [5.74, 6) is 0. The molecule has 2 aromatic carbocycles. The number of hydrogen-bond acceptors (Lipinski definition) is 2. The molecule has 0 spiro atoms. The topological polar surface area (TPSA) is 32.6 Å². The van der Waals surface area contributed by atoms with E-state index in [2.05, 4.69) is 48.5 Å². The second-order valence-corrected chi connectivity index (χ2v) is 6.36. The van der Waals surface area contributed by atoms with E-state index in [4.69, 9.17) is 0 Å². The molecule has 2 heteroatoms. The van der Waals surface area contributed by atoms with Gasteiger partial charge in [-0.25, -0.2) is 0 Å². The van der Waals surface area contributed by atoms with E-state index < -0.39 is 0 Å². The maximum absolute atomic E-state index is 9.33. The zero-order valence-electron chi connectivity index (χ0n) is 14.7. The molecule has 0 unspecified atom stereocenters. The standard InChI is InChI=1S/C22H29NO/c1-2-3-4-5-6-7-11-14-22(23-24)21-17-15-20(16-18-21)19-12-9-8-10-13-19/h8-10,12-13,15-18,24H,2-7,11,14H2,1H3. The van der Waals surface area contributed by atoms with Crippen LogP contribution in [0.2, 0.25) is 0 Å². The second-order valence-electron chi connectivity index (χ2n) is 6.36. The van der Waals surface area contributed by atoms with Gasteiger partial charge in [-0.3, -0.25) is 0 Å². The average Bonchev–Trinajstić information content (AvgIpc) is 2.65. The Hall–Kier alpha value is -2.09. The van der Waals surface area contributed by atoms with Crippen LogP contribution < -0.4 is 0 Å². The first-order chi connectivity index (χ1) is 11.8. The monoisotopic (exact) mass is 323 g/mol. The van der Waals surface area contributed by atoms with E-state index in [1.807, 2.05) is 18.2 Å². The molecular weight excluding hydrogens is 294 g/mol. The predicted octanol–water partition coefficient (Wildman–Crippen LogP) is 6.67. The van der Waals surface area contributed by atoms with Crippen molar-refractivity contribution in [1.29, 1.82) is 0 Å². The van der Waals surface area contributed by atoms with Gasteiger partial charge in [0.15, 0.2) is 0 Å². The van der Waals surface area contributed by atoms with Crippen LogP contribution in [0, 0.1) is 0 Å². The van der Waals surface area contributed by atoms with Crippen molar-refractivity contribution in [2.24, 2.45) is 5.16 Å². The first kappa shape index (κ1) is 18.3. The summed E-state index contributed by atoms with van der Waals surface area (Å²) in [6.45, 7) is 2.24. The van der Waals surface area contributed by atoms with E-state index in [9.17, 15) is 5.21 Å². The maximum atomic E-state index is 9.33. The average molecular weight is 323 g/mol.